The van der Waals surface area contributed by atoms with Crippen molar-refractivity contribution < 1.29 is 4.79 Å². The molecule has 2 heterocycles. The Labute approximate surface area is 114 Å². The fourth-order valence-corrected chi connectivity index (χ4v) is 2.61. The number of hydrogen-bond donors (Lipinski definition) is 1. The molecule has 2 amide bonds. The number of benzene rings is 1. The molecule has 0 atom stereocenters. The van der Waals surface area contributed by atoms with Crippen molar-refractivity contribution in [2.24, 2.45) is 0 Å². The number of fused-ring (bicyclic) bond motifs is 1. The minimum absolute atomic E-state index is 0.0499. The van der Waals surface area contributed by atoms with E-state index in [2.05, 4.69) is 9.59 Å². The highest BCUT2D eigenvalue weighted by Gasteiger charge is 2.28. The summed E-state index contributed by atoms with van der Waals surface area (Å²) in [7, 11) is 1.79. The van der Waals surface area contributed by atoms with Gasteiger partial charge in [-0.05, 0) is 11.6 Å². The number of anilines is 2. The van der Waals surface area contributed by atoms with Gasteiger partial charge in [-0.25, -0.2) is 4.79 Å². The van der Waals surface area contributed by atoms with Crippen LogP contribution in [0.4, 0.5) is 15.5 Å². The summed E-state index contributed by atoms with van der Waals surface area (Å²) in [6.45, 7) is 0.971. The van der Waals surface area contributed by atoms with Gasteiger partial charge in [0.1, 0.15) is 10.7 Å². The Morgan fingerprint density at radius 3 is 2.95 bits per heavy atom. The molecule has 19 heavy (non-hydrogen) atoms. The Hall–Kier alpha value is -2.15. The average Bonchev–Trinajstić information content (AvgIpc) is 2.80. The van der Waals surface area contributed by atoms with Crippen LogP contribution in [-0.2, 0) is 13.1 Å². The van der Waals surface area contributed by atoms with Crippen LogP contribution in [-0.4, -0.2) is 27.6 Å². The molecule has 0 fully saturated rings. The van der Waals surface area contributed by atoms with E-state index in [1.807, 2.05) is 24.3 Å². The number of rotatable bonds is 2. The molecule has 0 saturated carbocycles. The summed E-state index contributed by atoms with van der Waals surface area (Å²) in [6.07, 6.45) is 0. The van der Waals surface area contributed by atoms with Crippen LogP contribution < -0.4 is 10.6 Å². The van der Waals surface area contributed by atoms with E-state index in [1.165, 1.54) is 0 Å². The summed E-state index contributed by atoms with van der Waals surface area (Å²) in [5.74, 6) is 0. The second kappa shape index (κ2) is 4.51. The summed E-state index contributed by atoms with van der Waals surface area (Å²) >= 11 is 1.14. The summed E-state index contributed by atoms with van der Waals surface area (Å²) < 4.78 is 3.80. The predicted molar refractivity (Wildman–Crippen MR) is 73.8 cm³/mol. The number of carbonyl (C=O) groups excluding carboxylic acids is 1. The van der Waals surface area contributed by atoms with Crippen molar-refractivity contribution >= 4 is 28.3 Å². The topological polar surface area (TPSA) is 75.3 Å². The molecule has 1 aliphatic rings. The van der Waals surface area contributed by atoms with E-state index in [1.54, 1.807) is 16.8 Å². The van der Waals surface area contributed by atoms with E-state index in [-0.39, 0.29) is 6.03 Å². The first-order chi connectivity index (χ1) is 9.16. The molecule has 0 unspecified atom stereocenters. The van der Waals surface area contributed by atoms with Gasteiger partial charge in [-0.1, -0.05) is 22.7 Å². The molecule has 1 aliphatic heterocycles. The highest BCUT2D eigenvalue weighted by molar-refractivity contribution is 7.09. The molecule has 1 aromatic heterocycles. The first-order valence-corrected chi connectivity index (χ1v) is 6.61. The van der Waals surface area contributed by atoms with Gasteiger partial charge in [0.15, 0.2) is 0 Å². The third kappa shape index (κ3) is 2.01. The normalized spacial score (nSPS) is 14.7. The Bertz CT molecular complexity index is 626. The number of nitrogens with two attached hydrogens (primary N) is 1. The Kier molecular flexibility index (Phi) is 2.83. The molecule has 0 saturated heterocycles. The molecule has 2 N–H and O–H groups in total. The summed E-state index contributed by atoms with van der Waals surface area (Å²) in [6, 6.07) is 7.81. The molecule has 0 bridgehead atoms. The van der Waals surface area contributed by atoms with Gasteiger partial charge in [-0.3, -0.25) is 4.90 Å². The van der Waals surface area contributed by atoms with E-state index in [0.29, 0.717) is 23.8 Å². The Balaban J connectivity index is 1.99. The number of nitrogen functional groups attached to an aromatic ring is 1. The summed E-state index contributed by atoms with van der Waals surface area (Å²) in [4.78, 5) is 15.7. The SMILES string of the molecule is CN1Cc2ccccc2N(Cc2nnsc2N)C1=O. The zero-order chi connectivity index (χ0) is 13.4. The standard InChI is InChI=1S/C12H13N5OS/c1-16-6-8-4-2-3-5-10(8)17(12(16)18)7-9-11(13)19-15-14-9/h2-5H,6-7,13H2,1H3. The summed E-state index contributed by atoms with van der Waals surface area (Å²) in [5.41, 5.74) is 8.47. The van der Waals surface area contributed by atoms with Gasteiger partial charge >= 0.3 is 6.03 Å². The minimum atomic E-state index is -0.0499. The maximum Gasteiger partial charge on any atom is 0.324 e. The number of nitrogens with zero attached hydrogens (tertiary/aromatic N) is 4. The second-order valence-corrected chi connectivity index (χ2v) is 5.22. The molecule has 0 spiro atoms. The van der Waals surface area contributed by atoms with Crippen LogP contribution >= 0.6 is 11.5 Å². The van der Waals surface area contributed by atoms with Gasteiger partial charge in [0, 0.05) is 25.1 Å². The molecule has 2 aromatic rings. The van der Waals surface area contributed by atoms with Crippen molar-refractivity contribution in [3.63, 3.8) is 0 Å². The molecule has 3 rings (SSSR count). The van der Waals surface area contributed by atoms with Crippen molar-refractivity contribution in [1.29, 1.82) is 0 Å². The quantitative estimate of drug-likeness (QED) is 0.905. The molecular weight excluding hydrogens is 262 g/mol. The number of carbonyl (C=O) groups is 1. The monoisotopic (exact) mass is 275 g/mol. The fraction of sp³-hybridized carbons (Fsp3) is 0.250. The fourth-order valence-electron chi connectivity index (χ4n) is 2.17. The highest BCUT2D eigenvalue weighted by atomic mass is 32.1. The molecule has 6 nitrogen and oxygen atoms in total. The molecular formula is C12H13N5OS. The smallest absolute Gasteiger partial charge is 0.324 e. The first kappa shape index (κ1) is 11.9. The zero-order valence-corrected chi connectivity index (χ0v) is 11.2. The van der Waals surface area contributed by atoms with Crippen LogP contribution in [0, 0.1) is 0 Å². The zero-order valence-electron chi connectivity index (χ0n) is 10.4. The predicted octanol–water partition coefficient (Wildman–Crippen LogP) is 1.69. The van der Waals surface area contributed by atoms with Crippen LogP contribution in [0.25, 0.3) is 0 Å². The van der Waals surface area contributed by atoms with Crippen molar-refractivity contribution in [3.8, 4) is 0 Å². The number of para-hydroxylation sites is 1. The average molecular weight is 275 g/mol. The Morgan fingerprint density at radius 1 is 1.42 bits per heavy atom. The molecule has 1 aromatic carbocycles. The van der Waals surface area contributed by atoms with Gasteiger partial charge in [-0.15, -0.1) is 5.10 Å². The lowest BCUT2D eigenvalue weighted by Crippen LogP contribution is -2.44. The van der Waals surface area contributed by atoms with Gasteiger partial charge in [0.25, 0.3) is 0 Å². The van der Waals surface area contributed by atoms with E-state index < -0.39 is 0 Å². The lowest BCUT2D eigenvalue weighted by molar-refractivity contribution is 0.210. The van der Waals surface area contributed by atoms with Gasteiger partial charge < -0.3 is 10.6 Å². The first-order valence-electron chi connectivity index (χ1n) is 5.84. The van der Waals surface area contributed by atoms with Crippen molar-refractivity contribution in [2.45, 2.75) is 13.1 Å². The minimum Gasteiger partial charge on any atom is -0.388 e. The third-order valence-corrected chi connectivity index (χ3v) is 3.74. The van der Waals surface area contributed by atoms with E-state index in [0.717, 1.165) is 22.8 Å². The van der Waals surface area contributed by atoms with E-state index in [4.69, 9.17) is 5.73 Å². The molecule has 0 aliphatic carbocycles. The van der Waals surface area contributed by atoms with Crippen LogP contribution in [0.3, 0.4) is 0 Å². The number of aromatic nitrogens is 2. The number of urea groups is 1. The molecule has 98 valence electrons. The Morgan fingerprint density at radius 2 is 2.21 bits per heavy atom. The summed E-state index contributed by atoms with van der Waals surface area (Å²) in [5, 5.41) is 4.53. The van der Waals surface area contributed by atoms with Crippen LogP contribution in [0.15, 0.2) is 24.3 Å². The van der Waals surface area contributed by atoms with Crippen LogP contribution in [0.2, 0.25) is 0 Å². The van der Waals surface area contributed by atoms with Crippen LogP contribution in [0.1, 0.15) is 11.3 Å². The van der Waals surface area contributed by atoms with Crippen molar-refractivity contribution in [2.75, 3.05) is 17.7 Å². The van der Waals surface area contributed by atoms with Gasteiger partial charge in [0.05, 0.1) is 12.2 Å². The van der Waals surface area contributed by atoms with Crippen molar-refractivity contribution in [3.05, 3.63) is 35.5 Å². The number of amides is 2. The van der Waals surface area contributed by atoms with Gasteiger partial charge in [0.2, 0.25) is 0 Å². The lowest BCUT2D eigenvalue weighted by Gasteiger charge is -2.34. The molecule has 7 heteroatoms. The van der Waals surface area contributed by atoms with Crippen LogP contribution in [0.5, 0.6) is 0 Å². The number of hydrogen-bond acceptors (Lipinski definition) is 5. The van der Waals surface area contributed by atoms with E-state index in [9.17, 15) is 4.79 Å². The maximum atomic E-state index is 12.3. The largest absolute Gasteiger partial charge is 0.388 e. The lowest BCUT2D eigenvalue weighted by atomic mass is 10.1. The van der Waals surface area contributed by atoms with Crippen molar-refractivity contribution in [1.82, 2.24) is 14.5 Å². The van der Waals surface area contributed by atoms with Gasteiger partial charge in [-0.2, -0.15) is 0 Å². The van der Waals surface area contributed by atoms with E-state index >= 15 is 0 Å². The second-order valence-electron chi connectivity index (χ2n) is 4.44. The molecule has 0 radical (unpaired) electrons. The maximum absolute atomic E-state index is 12.3. The third-order valence-electron chi connectivity index (χ3n) is 3.14. The highest BCUT2D eigenvalue weighted by Crippen LogP contribution is 2.29.